The maximum atomic E-state index is 3.60. The van der Waals surface area contributed by atoms with E-state index in [-0.39, 0.29) is 0 Å². The molecule has 2 rings (SSSR count). The van der Waals surface area contributed by atoms with Crippen LogP contribution in [0, 0.1) is 11.3 Å². The van der Waals surface area contributed by atoms with Crippen molar-refractivity contribution in [1.82, 2.24) is 5.32 Å². The van der Waals surface area contributed by atoms with Gasteiger partial charge in [0.15, 0.2) is 0 Å². The molecule has 1 N–H and O–H groups in total. The fourth-order valence-electron chi connectivity index (χ4n) is 3.92. The number of rotatable bonds is 5. The Morgan fingerprint density at radius 2 is 1.90 bits per heavy atom. The lowest BCUT2D eigenvalue weighted by Crippen LogP contribution is -2.37. The lowest BCUT2D eigenvalue weighted by atomic mass is 9.65. The van der Waals surface area contributed by atoms with Crippen LogP contribution in [0.4, 0.5) is 0 Å². The first kappa shape index (κ1) is 15.6. The van der Waals surface area contributed by atoms with Crippen LogP contribution in [-0.2, 0) is 6.42 Å². The third-order valence-corrected chi connectivity index (χ3v) is 5.18. The van der Waals surface area contributed by atoms with Crippen LogP contribution >= 0.6 is 0 Å². The molecule has 2 atom stereocenters. The summed E-state index contributed by atoms with van der Waals surface area (Å²) < 4.78 is 0. The molecule has 1 aromatic rings. The van der Waals surface area contributed by atoms with Crippen LogP contribution in [-0.4, -0.2) is 7.05 Å². The Balaban J connectivity index is 2.18. The highest BCUT2D eigenvalue weighted by Gasteiger charge is 2.37. The van der Waals surface area contributed by atoms with Gasteiger partial charge in [0.2, 0.25) is 0 Å². The molecule has 1 aliphatic carbocycles. The molecule has 1 aliphatic rings. The van der Waals surface area contributed by atoms with Crippen LogP contribution in [0.25, 0.3) is 0 Å². The Hall–Kier alpha value is -0.820. The topological polar surface area (TPSA) is 12.0 Å². The van der Waals surface area contributed by atoms with Crippen molar-refractivity contribution in [3.63, 3.8) is 0 Å². The predicted molar refractivity (Wildman–Crippen MR) is 88.0 cm³/mol. The lowest BCUT2D eigenvalue weighted by molar-refractivity contribution is 0.101. The molecule has 0 heterocycles. The van der Waals surface area contributed by atoms with E-state index in [0.29, 0.717) is 11.5 Å². The van der Waals surface area contributed by atoms with Gasteiger partial charge < -0.3 is 5.32 Å². The Bertz CT molecular complexity index is 404. The molecule has 0 bridgehead atoms. The number of nitrogens with one attached hydrogen (secondary N) is 1. The van der Waals surface area contributed by atoms with Crippen LogP contribution in [0.2, 0.25) is 0 Å². The third-order valence-electron chi connectivity index (χ3n) is 5.18. The van der Waals surface area contributed by atoms with Crippen molar-refractivity contribution >= 4 is 0 Å². The smallest absolute Gasteiger partial charge is 0.0351 e. The number of benzene rings is 1. The zero-order chi connectivity index (χ0) is 14.6. The van der Waals surface area contributed by atoms with Crippen LogP contribution in [0.3, 0.4) is 0 Å². The first-order valence-electron chi connectivity index (χ1n) is 8.34. The van der Waals surface area contributed by atoms with E-state index in [4.69, 9.17) is 0 Å². The van der Waals surface area contributed by atoms with Crippen molar-refractivity contribution in [2.45, 2.75) is 65.3 Å². The zero-order valence-corrected chi connectivity index (χ0v) is 13.7. The van der Waals surface area contributed by atoms with E-state index in [1.54, 1.807) is 0 Å². The van der Waals surface area contributed by atoms with Gasteiger partial charge >= 0.3 is 0 Å². The quantitative estimate of drug-likeness (QED) is 0.785. The van der Waals surface area contributed by atoms with Gasteiger partial charge in [0.05, 0.1) is 0 Å². The van der Waals surface area contributed by atoms with Gasteiger partial charge in [0.1, 0.15) is 0 Å². The van der Waals surface area contributed by atoms with E-state index in [2.05, 4.69) is 57.4 Å². The number of aryl methyl sites for hydroxylation is 1. The molecular weight excluding hydrogens is 242 g/mol. The van der Waals surface area contributed by atoms with Gasteiger partial charge in [-0.2, -0.15) is 0 Å². The van der Waals surface area contributed by atoms with Gasteiger partial charge in [0.25, 0.3) is 0 Å². The van der Waals surface area contributed by atoms with Crippen molar-refractivity contribution in [2.24, 2.45) is 11.3 Å². The number of hydrogen-bond acceptors (Lipinski definition) is 1. The van der Waals surface area contributed by atoms with Crippen molar-refractivity contribution in [1.29, 1.82) is 0 Å². The fourth-order valence-corrected chi connectivity index (χ4v) is 3.92. The minimum absolute atomic E-state index is 0.452. The largest absolute Gasteiger partial charge is 0.313 e. The molecule has 0 saturated heterocycles. The molecule has 1 fully saturated rings. The summed E-state index contributed by atoms with van der Waals surface area (Å²) in [6, 6.07) is 9.83. The first-order chi connectivity index (χ1) is 9.58. The second-order valence-corrected chi connectivity index (χ2v) is 7.10. The summed E-state index contributed by atoms with van der Waals surface area (Å²) in [4.78, 5) is 0. The summed E-state index contributed by atoms with van der Waals surface area (Å²) >= 11 is 0. The van der Waals surface area contributed by atoms with E-state index in [0.717, 1.165) is 5.92 Å². The highest BCUT2D eigenvalue weighted by atomic mass is 14.9. The Morgan fingerprint density at radius 3 is 2.45 bits per heavy atom. The Labute approximate surface area is 125 Å². The van der Waals surface area contributed by atoms with E-state index < -0.39 is 0 Å². The summed E-state index contributed by atoms with van der Waals surface area (Å²) in [5, 5.41) is 3.60. The van der Waals surface area contributed by atoms with E-state index in [1.807, 2.05) is 0 Å². The zero-order valence-electron chi connectivity index (χ0n) is 13.7. The molecule has 2 unspecified atom stereocenters. The van der Waals surface area contributed by atoms with Gasteiger partial charge in [-0.05, 0) is 48.8 Å². The molecule has 0 radical (unpaired) electrons. The van der Waals surface area contributed by atoms with Gasteiger partial charge in [-0.25, -0.2) is 0 Å². The summed E-state index contributed by atoms with van der Waals surface area (Å²) in [6.07, 6.45) is 7.93. The Morgan fingerprint density at radius 1 is 1.20 bits per heavy atom. The predicted octanol–water partition coefficient (Wildman–Crippen LogP) is 5.12. The minimum Gasteiger partial charge on any atom is -0.313 e. The molecule has 112 valence electrons. The SMILES string of the molecule is CCCc1ccc(C(NC)C2CCCCC2(C)C)cc1. The average molecular weight is 273 g/mol. The molecule has 0 aromatic heterocycles. The molecule has 20 heavy (non-hydrogen) atoms. The average Bonchev–Trinajstić information content (AvgIpc) is 2.43. The van der Waals surface area contributed by atoms with Crippen LogP contribution in [0.15, 0.2) is 24.3 Å². The summed E-state index contributed by atoms with van der Waals surface area (Å²) in [6.45, 7) is 7.15. The van der Waals surface area contributed by atoms with Crippen molar-refractivity contribution in [3.05, 3.63) is 35.4 Å². The van der Waals surface area contributed by atoms with Gasteiger partial charge in [0, 0.05) is 6.04 Å². The third kappa shape index (κ3) is 3.44. The highest BCUT2D eigenvalue weighted by Crippen LogP contribution is 2.46. The molecule has 1 heteroatoms. The summed E-state index contributed by atoms with van der Waals surface area (Å²) in [5.74, 6) is 0.748. The fraction of sp³-hybridized carbons (Fsp3) is 0.684. The van der Waals surface area contributed by atoms with Crippen molar-refractivity contribution in [2.75, 3.05) is 7.05 Å². The maximum Gasteiger partial charge on any atom is 0.0351 e. The lowest BCUT2D eigenvalue weighted by Gasteiger charge is -2.43. The standard InChI is InChI=1S/C19H31N/c1-5-8-15-10-12-16(13-11-15)18(20-4)17-9-6-7-14-19(17,2)3/h10-13,17-18,20H,5-9,14H2,1-4H3. The van der Waals surface area contributed by atoms with Crippen LogP contribution in [0.1, 0.15) is 70.0 Å². The molecule has 1 saturated carbocycles. The minimum atomic E-state index is 0.452. The van der Waals surface area contributed by atoms with E-state index in [1.165, 1.54) is 49.7 Å². The highest BCUT2D eigenvalue weighted by molar-refractivity contribution is 5.26. The first-order valence-corrected chi connectivity index (χ1v) is 8.34. The normalized spacial score (nSPS) is 23.5. The molecular formula is C19H31N. The summed E-state index contributed by atoms with van der Waals surface area (Å²) in [7, 11) is 2.12. The van der Waals surface area contributed by atoms with Crippen molar-refractivity contribution < 1.29 is 0 Å². The van der Waals surface area contributed by atoms with Crippen LogP contribution < -0.4 is 5.32 Å². The maximum absolute atomic E-state index is 3.60. The van der Waals surface area contributed by atoms with E-state index >= 15 is 0 Å². The molecule has 0 aliphatic heterocycles. The second kappa shape index (κ2) is 6.76. The van der Waals surface area contributed by atoms with Crippen molar-refractivity contribution in [3.8, 4) is 0 Å². The molecule has 0 amide bonds. The molecule has 1 aromatic carbocycles. The van der Waals surface area contributed by atoms with Gasteiger partial charge in [-0.1, -0.05) is 64.3 Å². The molecule has 1 nitrogen and oxygen atoms in total. The number of hydrogen-bond donors (Lipinski definition) is 1. The van der Waals surface area contributed by atoms with E-state index in [9.17, 15) is 0 Å². The van der Waals surface area contributed by atoms with Gasteiger partial charge in [-0.15, -0.1) is 0 Å². The molecule has 0 spiro atoms. The van der Waals surface area contributed by atoms with Crippen LogP contribution in [0.5, 0.6) is 0 Å². The van der Waals surface area contributed by atoms with Gasteiger partial charge in [-0.3, -0.25) is 0 Å². The second-order valence-electron chi connectivity index (χ2n) is 7.10. The summed E-state index contributed by atoms with van der Waals surface area (Å²) in [5.41, 5.74) is 3.38. The Kier molecular flexibility index (Phi) is 5.26. The monoisotopic (exact) mass is 273 g/mol.